The summed E-state index contributed by atoms with van der Waals surface area (Å²) in [4.78, 5) is 27.0. The number of benzene rings is 1. The van der Waals surface area contributed by atoms with Crippen LogP contribution in [0.2, 0.25) is 0 Å². The first-order valence-electron chi connectivity index (χ1n) is 7.90. The third-order valence-corrected chi connectivity index (χ3v) is 4.24. The highest BCUT2D eigenvalue weighted by Gasteiger charge is 2.33. The lowest BCUT2D eigenvalue weighted by atomic mass is 10.1. The van der Waals surface area contributed by atoms with Crippen molar-refractivity contribution >= 4 is 17.5 Å². The van der Waals surface area contributed by atoms with Crippen molar-refractivity contribution in [1.29, 1.82) is 0 Å². The lowest BCUT2D eigenvalue weighted by molar-refractivity contribution is -0.137. The zero-order chi connectivity index (χ0) is 18.6. The average Bonchev–Trinajstić information content (AvgIpc) is 2.54. The lowest BCUT2D eigenvalue weighted by Gasteiger charge is -2.36. The van der Waals surface area contributed by atoms with E-state index in [4.69, 9.17) is 5.73 Å². The van der Waals surface area contributed by atoms with Gasteiger partial charge in [-0.15, -0.1) is 0 Å². The largest absolute Gasteiger partial charge is 0.418 e. The molecule has 0 aromatic heterocycles. The molecular formula is C16H21F3N4O2. The van der Waals surface area contributed by atoms with Gasteiger partial charge in [-0.25, -0.2) is 0 Å². The van der Waals surface area contributed by atoms with Gasteiger partial charge in [0.2, 0.25) is 11.8 Å². The second kappa shape index (κ2) is 7.83. The summed E-state index contributed by atoms with van der Waals surface area (Å²) in [7, 11) is 0. The third kappa shape index (κ3) is 5.17. The molecule has 6 nitrogen and oxygen atoms in total. The van der Waals surface area contributed by atoms with Crippen LogP contribution in [0.3, 0.4) is 0 Å². The Hall–Kier alpha value is -2.13. The molecule has 1 aromatic rings. The van der Waals surface area contributed by atoms with Crippen LogP contribution in [0.1, 0.15) is 12.5 Å². The number of hydrogen-bond donors (Lipinski definition) is 2. The van der Waals surface area contributed by atoms with Crippen molar-refractivity contribution in [3.05, 3.63) is 29.8 Å². The van der Waals surface area contributed by atoms with Gasteiger partial charge < -0.3 is 11.1 Å². The van der Waals surface area contributed by atoms with Gasteiger partial charge in [-0.05, 0) is 19.1 Å². The van der Waals surface area contributed by atoms with Crippen LogP contribution in [-0.2, 0) is 15.8 Å². The highest BCUT2D eigenvalue weighted by molar-refractivity contribution is 5.93. The number of halogens is 3. The number of amides is 2. The Bertz CT molecular complexity index is 628. The van der Waals surface area contributed by atoms with Gasteiger partial charge in [-0.2, -0.15) is 13.2 Å². The van der Waals surface area contributed by atoms with E-state index in [1.807, 2.05) is 9.80 Å². The number of para-hydroxylation sites is 1. The number of nitrogens with two attached hydrogens (primary N) is 1. The molecule has 1 atom stereocenters. The van der Waals surface area contributed by atoms with Crippen molar-refractivity contribution in [2.45, 2.75) is 19.1 Å². The average molecular weight is 358 g/mol. The van der Waals surface area contributed by atoms with Crippen molar-refractivity contribution in [2.75, 3.05) is 38.0 Å². The predicted molar refractivity (Wildman–Crippen MR) is 86.7 cm³/mol. The van der Waals surface area contributed by atoms with E-state index in [0.29, 0.717) is 26.2 Å². The number of hydrogen-bond acceptors (Lipinski definition) is 4. The first-order chi connectivity index (χ1) is 11.7. The summed E-state index contributed by atoms with van der Waals surface area (Å²) in [6.07, 6.45) is -4.53. The lowest BCUT2D eigenvalue weighted by Crippen LogP contribution is -2.54. The number of alkyl halides is 3. The molecule has 2 amide bonds. The van der Waals surface area contributed by atoms with E-state index >= 15 is 0 Å². The molecule has 1 aromatic carbocycles. The number of nitrogens with zero attached hydrogens (tertiary/aromatic N) is 2. The molecule has 9 heteroatoms. The maximum atomic E-state index is 12.9. The number of primary amides is 1. The van der Waals surface area contributed by atoms with Gasteiger partial charge >= 0.3 is 6.18 Å². The minimum absolute atomic E-state index is 0.00894. The molecule has 0 spiro atoms. The Balaban J connectivity index is 1.89. The molecule has 1 aliphatic heterocycles. The smallest absolute Gasteiger partial charge is 0.368 e. The zero-order valence-electron chi connectivity index (χ0n) is 13.8. The Morgan fingerprint density at radius 1 is 1.20 bits per heavy atom. The van der Waals surface area contributed by atoms with Crippen LogP contribution >= 0.6 is 0 Å². The van der Waals surface area contributed by atoms with Crippen LogP contribution in [0, 0.1) is 0 Å². The van der Waals surface area contributed by atoms with Crippen molar-refractivity contribution in [2.24, 2.45) is 5.73 Å². The van der Waals surface area contributed by atoms with Gasteiger partial charge in [0.15, 0.2) is 0 Å². The molecule has 1 heterocycles. The molecule has 1 unspecified atom stereocenters. The standard InChI is InChI=1S/C16H21F3N4O2/c1-11(15(20)25)23-8-6-22(7-9-23)10-14(24)21-13-5-3-2-4-12(13)16(17,18)19/h2-5,11H,6-10H2,1H3,(H2,20,25)(H,21,24). The molecule has 1 saturated heterocycles. The van der Waals surface area contributed by atoms with Gasteiger partial charge in [-0.1, -0.05) is 12.1 Å². The molecule has 0 aliphatic carbocycles. The number of carbonyl (C=O) groups is 2. The summed E-state index contributed by atoms with van der Waals surface area (Å²) in [6.45, 7) is 3.91. The molecule has 138 valence electrons. The number of piperazine rings is 1. The van der Waals surface area contributed by atoms with Gasteiger partial charge in [0.1, 0.15) is 0 Å². The summed E-state index contributed by atoms with van der Waals surface area (Å²) < 4.78 is 38.8. The Labute approximate surface area is 143 Å². The summed E-state index contributed by atoms with van der Waals surface area (Å²) >= 11 is 0. The van der Waals surface area contributed by atoms with Crippen LogP contribution in [0.5, 0.6) is 0 Å². The SMILES string of the molecule is CC(C(N)=O)N1CCN(CC(=O)Nc2ccccc2C(F)(F)F)CC1. The second-order valence-electron chi connectivity index (χ2n) is 5.98. The first-order valence-corrected chi connectivity index (χ1v) is 7.90. The van der Waals surface area contributed by atoms with E-state index in [0.717, 1.165) is 6.07 Å². The van der Waals surface area contributed by atoms with Crippen LogP contribution in [0.25, 0.3) is 0 Å². The van der Waals surface area contributed by atoms with Crippen molar-refractivity contribution in [1.82, 2.24) is 9.80 Å². The van der Waals surface area contributed by atoms with Gasteiger partial charge in [-0.3, -0.25) is 19.4 Å². The summed E-state index contributed by atoms with van der Waals surface area (Å²) in [5, 5.41) is 2.33. The first kappa shape index (κ1) is 19.2. The van der Waals surface area contributed by atoms with E-state index in [9.17, 15) is 22.8 Å². The normalized spacial score (nSPS) is 17.9. The molecule has 25 heavy (non-hydrogen) atoms. The fourth-order valence-electron chi connectivity index (χ4n) is 2.72. The molecule has 1 aliphatic rings. The molecule has 1 fully saturated rings. The topological polar surface area (TPSA) is 78.7 Å². The van der Waals surface area contributed by atoms with E-state index in [1.165, 1.54) is 18.2 Å². The number of rotatable bonds is 5. The van der Waals surface area contributed by atoms with Gasteiger partial charge in [0.05, 0.1) is 23.8 Å². The fourth-order valence-corrected chi connectivity index (χ4v) is 2.72. The summed E-state index contributed by atoms with van der Waals surface area (Å²) in [5.74, 6) is -0.914. The monoisotopic (exact) mass is 358 g/mol. The summed E-state index contributed by atoms with van der Waals surface area (Å²) in [6, 6.07) is 4.49. The Kier molecular flexibility index (Phi) is 6.02. The Morgan fingerprint density at radius 2 is 1.80 bits per heavy atom. The van der Waals surface area contributed by atoms with Gasteiger partial charge in [0.25, 0.3) is 0 Å². The minimum atomic E-state index is -4.53. The van der Waals surface area contributed by atoms with Crippen LogP contribution in [0.15, 0.2) is 24.3 Å². The molecule has 0 bridgehead atoms. The quantitative estimate of drug-likeness (QED) is 0.827. The molecule has 3 N–H and O–H groups in total. The number of anilines is 1. The van der Waals surface area contributed by atoms with E-state index in [2.05, 4.69) is 5.32 Å². The molecule has 2 rings (SSSR count). The molecule has 0 saturated carbocycles. The van der Waals surface area contributed by atoms with Crippen molar-refractivity contribution < 1.29 is 22.8 Å². The van der Waals surface area contributed by atoms with Crippen LogP contribution in [0.4, 0.5) is 18.9 Å². The van der Waals surface area contributed by atoms with E-state index in [1.54, 1.807) is 6.92 Å². The van der Waals surface area contributed by atoms with Crippen molar-refractivity contribution in [3.8, 4) is 0 Å². The molecule has 0 radical (unpaired) electrons. The van der Waals surface area contributed by atoms with Crippen LogP contribution in [-0.4, -0.2) is 60.4 Å². The fraction of sp³-hybridized carbons (Fsp3) is 0.500. The van der Waals surface area contributed by atoms with Crippen molar-refractivity contribution in [3.63, 3.8) is 0 Å². The maximum Gasteiger partial charge on any atom is 0.418 e. The molecular weight excluding hydrogens is 337 g/mol. The minimum Gasteiger partial charge on any atom is -0.368 e. The second-order valence-corrected chi connectivity index (χ2v) is 5.98. The highest BCUT2D eigenvalue weighted by Crippen LogP contribution is 2.34. The van der Waals surface area contributed by atoms with E-state index in [-0.39, 0.29) is 18.3 Å². The Morgan fingerprint density at radius 3 is 2.36 bits per heavy atom. The highest BCUT2D eigenvalue weighted by atomic mass is 19.4. The predicted octanol–water partition coefficient (Wildman–Crippen LogP) is 1.14. The zero-order valence-corrected chi connectivity index (χ0v) is 13.8. The number of carbonyl (C=O) groups excluding carboxylic acids is 2. The maximum absolute atomic E-state index is 12.9. The third-order valence-electron chi connectivity index (χ3n) is 4.24. The van der Waals surface area contributed by atoms with E-state index < -0.39 is 23.6 Å². The van der Waals surface area contributed by atoms with Crippen LogP contribution < -0.4 is 11.1 Å². The summed E-state index contributed by atoms with van der Waals surface area (Å²) in [5.41, 5.74) is 4.15. The number of nitrogens with one attached hydrogen (secondary N) is 1. The van der Waals surface area contributed by atoms with Gasteiger partial charge in [0, 0.05) is 26.2 Å².